The second-order valence-corrected chi connectivity index (χ2v) is 8.19. The lowest BCUT2D eigenvalue weighted by Gasteiger charge is -2.38. The lowest BCUT2D eigenvalue weighted by Crippen LogP contribution is -2.48. The Hall–Kier alpha value is -1.89. The van der Waals surface area contributed by atoms with E-state index in [0.29, 0.717) is 31.5 Å². The van der Waals surface area contributed by atoms with E-state index >= 15 is 0 Å². The summed E-state index contributed by atoms with van der Waals surface area (Å²) in [5, 5.41) is 0. The van der Waals surface area contributed by atoms with Crippen LogP contribution in [0.1, 0.15) is 45.3 Å². The highest BCUT2D eigenvalue weighted by Crippen LogP contribution is 2.32. The topological polar surface area (TPSA) is 89.7 Å². The quantitative estimate of drug-likeness (QED) is 0.735. The first-order valence-corrected chi connectivity index (χ1v) is 9.48. The van der Waals surface area contributed by atoms with Crippen LogP contribution in [0.3, 0.4) is 0 Å². The van der Waals surface area contributed by atoms with Gasteiger partial charge in [-0.15, -0.1) is 0 Å². The SMILES string of the molecule is CC(C)C(=O)OC(C(=O)N1CCC(C)(C(N)=O)CC1)c1ccc(Br)cc1. The lowest BCUT2D eigenvalue weighted by molar-refractivity contribution is -0.164. The zero-order chi connectivity index (χ0) is 19.5. The van der Waals surface area contributed by atoms with Gasteiger partial charge in [-0.05, 0) is 25.0 Å². The molecule has 0 aromatic heterocycles. The number of likely N-dealkylation sites (tertiary alicyclic amines) is 1. The van der Waals surface area contributed by atoms with E-state index in [2.05, 4.69) is 15.9 Å². The number of amides is 2. The van der Waals surface area contributed by atoms with Gasteiger partial charge in [0.2, 0.25) is 12.0 Å². The summed E-state index contributed by atoms with van der Waals surface area (Å²) in [7, 11) is 0. The van der Waals surface area contributed by atoms with Crippen molar-refractivity contribution in [1.82, 2.24) is 4.90 Å². The number of nitrogens with zero attached hydrogens (tertiary/aromatic N) is 1. The van der Waals surface area contributed by atoms with E-state index in [1.807, 2.05) is 6.92 Å². The summed E-state index contributed by atoms with van der Waals surface area (Å²) >= 11 is 3.36. The lowest BCUT2D eigenvalue weighted by atomic mass is 9.79. The first kappa shape index (κ1) is 20.4. The third kappa shape index (κ3) is 4.63. The van der Waals surface area contributed by atoms with Crippen LogP contribution in [-0.4, -0.2) is 35.8 Å². The van der Waals surface area contributed by atoms with E-state index < -0.39 is 17.5 Å². The van der Waals surface area contributed by atoms with Crippen LogP contribution >= 0.6 is 15.9 Å². The highest BCUT2D eigenvalue weighted by atomic mass is 79.9. The van der Waals surface area contributed by atoms with Crippen molar-refractivity contribution in [3.8, 4) is 0 Å². The fraction of sp³-hybridized carbons (Fsp3) is 0.526. The number of carbonyl (C=O) groups excluding carboxylic acids is 3. The molecule has 2 rings (SSSR count). The van der Waals surface area contributed by atoms with E-state index in [1.54, 1.807) is 43.0 Å². The van der Waals surface area contributed by atoms with Crippen molar-refractivity contribution in [2.75, 3.05) is 13.1 Å². The summed E-state index contributed by atoms with van der Waals surface area (Å²) in [6.07, 6.45) is 0.00865. The van der Waals surface area contributed by atoms with Crippen LogP contribution in [0.2, 0.25) is 0 Å². The minimum absolute atomic E-state index is 0.271. The molecule has 0 bridgehead atoms. The molecule has 1 saturated heterocycles. The normalized spacial score (nSPS) is 17.7. The molecule has 7 heteroatoms. The molecule has 1 unspecified atom stereocenters. The summed E-state index contributed by atoms with van der Waals surface area (Å²) in [6, 6.07) is 7.13. The third-order valence-electron chi connectivity index (χ3n) is 4.88. The summed E-state index contributed by atoms with van der Waals surface area (Å²) in [5.41, 5.74) is 5.49. The van der Waals surface area contributed by atoms with Gasteiger partial charge in [0.15, 0.2) is 0 Å². The number of halogens is 1. The summed E-state index contributed by atoms with van der Waals surface area (Å²) in [4.78, 5) is 38.4. The maximum Gasteiger partial charge on any atom is 0.309 e. The van der Waals surface area contributed by atoms with Crippen LogP contribution in [0.4, 0.5) is 0 Å². The Balaban J connectivity index is 2.19. The highest BCUT2D eigenvalue weighted by molar-refractivity contribution is 9.10. The molecule has 142 valence electrons. The minimum Gasteiger partial charge on any atom is -0.447 e. The van der Waals surface area contributed by atoms with Gasteiger partial charge >= 0.3 is 5.97 Å². The fourth-order valence-electron chi connectivity index (χ4n) is 2.78. The van der Waals surface area contributed by atoms with Gasteiger partial charge in [0.1, 0.15) is 0 Å². The average molecular weight is 425 g/mol. The molecular weight excluding hydrogens is 400 g/mol. The zero-order valence-corrected chi connectivity index (χ0v) is 16.9. The monoisotopic (exact) mass is 424 g/mol. The molecule has 2 N–H and O–H groups in total. The van der Waals surface area contributed by atoms with Crippen LogP contribution in [0.5, 0.6) is 0 Å². The van der Waals surface area contributed by atoms with Crippen LogP contribution in [0.15, 0.2) is 28.7 Å². The predicted octanol–water partition coefficient (Wildman–Crippen LogP) is 2.80. The molecular formula is C19H25BrN2O4. The molecule has 0 saturated carbocycles. The number of rotatable bonds is 5. The van der Waals surface area contributed by atoms with Crippen molar-refractivity contribution in [2.45, 2.75) is 39.7 Å². The molecule has 6 nitrogen and oxygen atoms in total. The molecule has 1 heterocycles. The Bertz CT molecular complexity index is 679. The summed E-state index contributed by atoms with van der Waals surface area (Å²) in [5.74, 6) is -1.38. The van der Waals surface area contributed by atoms with Crippen LogP contribution in [-0.2, 0) is 19.1 Å². The molecule has 26 heavy (non-hydrogen) atoms. The number of ether oxygens (including phenoxy) is 1. The highest BCUT2D eigenvalue weighted by Gasteiger charge is 2.39. The van der Waals surface area contributed by atoms with Gasteiger partial charge in [-0.1, -0.05) is 48.8 Å². The van der Waals surface area contributed by atoms with Gasteiger partial charge in [-0.2, -0.15) is 0 Å². The Kier molecular flexibility index (Phi) is 6.44. The third-order valence-corrected chi connectivity index (χ3v) is 5.40. The second-order valence-electron chi connectivity index (χ2n) is 7.27. The zero-order valence-electron chi connectivity index (χ0n) is 15.3. The maximum absolute atomic E-state index is 13.0. The molecule has 1 atom stereocenters. The van der Waals surface area contributed by atoms with Gasteiger partial charge in [0, 0.05) is 28.5 Å². The smallest absolute Gasteiger partial charge is 0.309 e. The molecule has 1 aliphatic heterocycles. The summed E-state index contributed by atoms with van der Waals surface area (Å²) in [6.45, 7) is 6.09. The van der Waals surface area contributed by atoms with Gasteiger partial charge in [0.25, 0.3) is 5.91 Å². The molecule has 1 aromatic rings. The van der Waals surface area contributed by atoms with Crippen molar-refractivity contribution in [3.05, 3.63) is 34.3 Å². The molecule has 1 aliphatic rings. The van der Waals surface area contributed by atoms with E-state index in [0.717, 1.165) is 4.47 Å². The van der Waals surface area contributed by atoms with Gasteiger partial charge in [0.05, 0.1) is 5.92 Å². The number of carbonyl (C=O) groups is 3. The molecule has 2 amide bonds. The van der Waals surface area contributed by atoms with Crippen molar-refractivity contribution in [2.24, 2.45) is 17.1 Å². The van der Waals surface area contributed by atoms with E-state index in [-0.39, 0.29) is 17.7 Å². The molecule has 1 aromatic carbocycles. The largest absolute Gasteiger partial charge is 0.447 e. The predicted molar refractivity (Wildman–Crippen MR) is 101 cm³/mol. The van der Waals surface area contributed by atoms with E-state index in [4.69, 9.17) is 10.5 Å². The van der Waals surface area contributed by atoms with Crippen LogP contribution < -0.4 is 5.73 Å². The molecule has 1 fully saturated rings. The number of nitrogens with two attached hydrogens (primary N) is 1. The van der Waals surface area contributed by atoms with Gasteiger partial charge < -0.3 is 15.4 Å². The number of esters is 1. The molecule has 0 spiro atoms. The van der Waals surface area contributed by atoms with Crippen molar-refractivity contribution < 1.29 is 19.1 Å². The second kappa shape index (κ2) is 8.20. The number of hydrogen-bond donors (Lipinski definition) is 1. The van der Waals surface area contributed by atoms with Gasteiger partial charge in [-0.25, -0.2) is 0 Å². The van der Waals surface area contributed by atoms with Crippen molar-refractivity contribution in [1.29, 1.82) is 0 Å². The fourth-order valence-corrected chi connectivity index (χ4v) is 3.05. The average Bonchev–Trinajstić information content (AvgIpc) is 2.60. The Morgan fingerprint density at radius 2 is 1.69 bits per heavy atom. The molecule has 0 radical (unpaired) electrons. The van der Waals surface area contributed by atoms with E-state index in [9.17, 15) is 14.4 Å². The summed E-state index contributed by atoms with van der Waals surface area (Å²) < 4.78 is 6.39. The Morgan fingerprint density at radius 3 is 2.15 bits per heavy atom. The number of piperidine rings is 1. The first-order chi connectivity index (χ1) is 12.1. The van der Waals surface area contributed by atoms with Crippen LogP contribution in [0.25, 0.3) is 0 Å². The number of primary amides is 1. The van der Waals surface area contributed by atoms with Crippen molar-refractivity contribution >= 4 is 33.7 Å². The van der Waals surface area contributed by atoms with Gasteiger partial charge in [-0.3, -0.25) is 14.4 Å². The van der Waals surface area contributed by atoms with E-state index in [1.165, 1.54) is 0 Å². The standard InChI is InChI=1S/C19H25BrN2O4/c1-12(2)17(24)26-15(13-4-6-14(20)7-5-13)16(23)22-10-8-19(3,9-11-22)18(21)25/h4-7,12,15H,8-11H2,1-3H3,(H2,21,25). The maximum atomic E-state index is 13.0. The number of hydrogen-bond acceptors (Lipinski definition) is 4. The number of benzene rings is 1. The van der Waals surface area contributed by atoms with Crippen LogP contribution in [0, 0.1) is 11.3 Å². The Labute approximate surface area is 162 Å². The minimum atomic E-state index is -0.990. The Morgan fingerprint density at radius 1 is 1.15 bits per heavy atom. The first-order valence-electron chi connectivity index (χ1n) is 8.69. The van der Waals surface area contributed by atoms with Crippen molar-refractivity contribution in [3.63, 3.8) is 0 Å². The molecule has 0 aliphatic carbocycles.